The lowest BCUT2D eigenvalue weighted by atomic mass is 10.3. The third kappa shape index (κ3) is 1.42. The molecule has 0 unspecified atom stereocenters. The van der Waals surface area contributed by atoms with Crippen LogP contribution in [0.3, 0.4) is 0 Å². The van der Waals surface area contributed by atoms with Gasteiger partial charge in [-0.15, -0.1) is 11.3 Å². The molecule has 0 aromatic carbocycles. The zero-order valence-corrected chi connectivity index (χ0v) is 8.84. The summed E-state index contributed by atoms with van der Waals surface area (Å²) in [6, 6.07) is 2.14. The smallest absolute Gasteiger partial charge is 0.345 e. The van der Waals surface area contributed by atoms with Gasteiger partial charge in [0.1, 0.15) is 4.88 Å². The molecule has 0 aliphatic heterocycles. The highest BCUT2D eigenvalue weighted by molar-refractivity contribution is 7.20. The van der Waals surface area contributed by atoms with E-state index in [4.69, 9.17) is 5.11 Å². The molecule has 3 nitrogen and oxygen atoms in total. The maximum atomic E-state index is 10.7. The van der Waals surface area contributed by atoms with E-state index in [2.05, 4.69) is 18.4 Å². The van der Waals surface area contributed by atoms with Gasteiger partial charge in [-0.2, -0.15) is 0 Å². The van der Waals surface area contributed by atoms with Gasteiger partial charge in [0.05, 0.1) is 4.70 Å². The second kappa shape index (κ2) is 3.13. The highest BCUT2D eigenvalue weighted by Gasteiger charge is 2.10. The summed E-state index contributed by atoms with van der Waals surface area (Å²) < 4.78 is 3.13. The molecule has 0 radical (unpaired) electrons. The summed E-state index contributed by atoms with van der Waals surface area (Å²) >= 11 is 1.32. The second-order valence-corrected chi connectivity index (χ2v) is 4.62. The van der Waals surface area contributed by atoms with Gasteiger partial charge in [0.15, 0.2) is 0 Å². The van der Waals surface area contributed by atoms with E-state index in [1.165, 1.54) is 11.3 Å². The average molecular weight is 209 g/mol. The quantitative estimate of drug-likeness (QED) is 0.826. The summed E-state index contributed by atoms with van der Waals surface area (Å²) in [5, 5.41) is 9.80. The normalized spacial score (nSPS) is 11.4. The number of thiophene rings is 1. The summed E-state index contributed by atoms with van der Waals surface area (Å²) in [7, 11) is 0. The minimum Gasteiger partial charge on any atom is -0.477 e. The molecule has 0 fully saturated rings. The van der Waals surface area contributed by atoms with Crippen LogP contribution < -0.4 is 0 Å². The molecule has 1 N–H and O–H groups in total. The maximum Gasteiger partial charge on any atom is 0.345 e. The average Bonchev–Trinajstić information content (AvgIpc) is 2.57. The lowest BCUT2D eigenvalue weighted by molar-refractivity contribution is 0.0702. The van der Waals surface area contributed by atoms with Gasteiger partial charge in [0, 0.05) is 23.8 Å². The Hall–Kier alpha value is -1.29. The number of carbonyl (C=O) groups is 1. The molecule has 0 bridgehead atoms. The Kier molecular flexibility index (Phi) is 2.07. The SMILES string of the molecule is CC(C)n1cc2cc(C(=O)O)sc2c1. The maximum absolute atomic E-state index is 10.7. The van der Waals surface area contributed by atoms with E-state index >= 15 is 0 Å². The van der Waals surface area contributed by atoms with E-state index in [1.807, 2.05) is 12.4 Å². The molecule has 14 heavy (non-hydrogen) atoms. The van der Waals surface area contributed by atoms with E-state index in [0.717, 1.165) is 10.1 Å². The first-order chi connectivity index (χ1) is 6.58. The largest absolute Gasteiger partial charge is 0.477 e. The number of carboxylic acid groups (broad SMARTS) is 1. The number of fused-ring (bicyclic) bond motifs is 1. The molecule has 0 spiro atoms. The van der Waals surface area contributed by atoms with Crippen molar-refractivity contribution in [3.05, 3.63) is 23.3 Å². The topological polar surface area (TPSA) is 42.2 Å². The molecule has 0 atom stereocenters. The molecule has 0 aliphatic carbocycles. The number of aromatic carboxylic acids is 1. The highest BCUT2D eigenvalue weighted by atomic mass is 32.1. The molecule has 0 aliphatic rings. The van der Waals surface area contributed by atoms with Crippen LogP contribution in [-0.2, 0) is 0 Å². The van der Waals surface area contributed by atoms with Crippen molar-refractivity contribution in [3.8, 4) is 0 Å². The zero-order chi connectivity index (χ0) is 10.3. The van der Waals surface area contributed by atoms with E-state index in [9.17, 15) is 4.79 Å². The third-order valence-electron chi connectivity index (χ3n) is 2.15. The van der Waals surface area contributed by atoms with E-state index in [-0.39, 0.29) is 0 Å². The fraction of sp³-hybridized carbons (Fsp3) is 0.300. The Morgan fingerprint density at radius 1 is 1.50 bits per heavy atom. The predicted octanol–water partition coefficient (Wildman–Crippen LogP) is 2.98. The molecule has 2 aromatic heterocycles. The van der Waals surface area contributed by atoms with Crippen LogP contribution in [-0.4, -0.2) is 15.6 Å². The summed E-state index contributed by atoms with van der Waals surface area (Å²) in [5.41, 5.74) is 0. The van der Waals surface area contributed by atoms with Crippen LogP contribution >= 0.6 is 11.3 Å². The van der Waals surface area contributed by atoms with Crippen molar-refractivity contribution in [2.75, 3.05) is 0 Å². The zero-order valence-electron chi connectivity index (χ0n) is 8.02. The van der Waals surface area contributed by atoms with Crippen LogP contribution in [0.15, 0.2) is 18.5 Å². The van der Waals surface area contributed by atoms with Gasteiger partial charge in [0.25, 0.3) is 0 Å². The van der Waals surface area contributed by atoms with Crippen LogP contribution in [0, 0.1) is 0 Å². The van der Waals surface area contributed by atoms with Gasteiger partial charge >= 0.3 is 5.97 Å². The molecule has 74 valence electrons. The fourth-order valence-corrected chi connectivity index (χ4v) is 2.27. The molecular weight excluding hydrogens is 198 g/mol. The van der Waals surface area contributed by atoms with Gasteiger partial charge < -0.3 is 9.67 Å². The highest BCUT2D eigenvalue weighted by Crippen LogP contribution is 2.27. The Morgan fingerprint density at radius 2 is 2.21 bits per heavy atom. The van der Waals surface area contributed by atoms with Crippen molar-refractivity contribution in [2.24, 2.45) is 0 Å². The van der Waals surface area contributed by atoms with Gasteiger partial charge in [0.2, 0.25) is 0 Å². The first kappa shape index (κ1) is 9.27. The second-order valence-electron chi connectivity index (χ2n) is 3.53. The molecule has 2 rings (SSSR count). The van der Waals surface area contributed by atoms with Crippen molar-refractivity contribution < 1.29 is 9.90 Å². The standard InChI is InChI=1S/C10H11NO2S/c1-6(2)11-4-7-3-8(10(12)13)14-9(7)5-11/h3-6H,1-2H3,(H,12,13). The number of rotatable bonds is 2. The van der Waals surface area contributed by atoms with Crippen molar-refractivity contribution >= 4 is 27.4 Å². The number of hydrogen-bond donors (Lipinski definition) is 1. The summed E-state index contributed by atoms with van der Waals surface area (Å²) in [6.45, 7) is 4.20. The molecule has 0 saturated heterocycles. The Labute approximate surface area is 85.6 Å². The number of nitrogens with zero attached hydrogens (tertiary/aromatic N) is 1. The molecular formula is C10H11NO2S. The van der Waals surface area contributed by atoms with E-state index < -0.39 is 5.97 Å². The van der Waals surface area contributed by atoms with Crippen LogP contribution in [0.5, 0.6) is 0 Å². The van der Waals surface area contributed by atoms with E-state index in [1.54, 1.807) is 6.07 Å². The van der Waals surface area contributed by atoms with E-state index in [0.29, 0.717) is 10.9 Å². The van der Waals surface area contributed by atoms with Crippen LogP contribution in [0.1, 0.15) is 29.6 Å². The van der Waals surface area contributed by atoms with Crippen molar-refractivity contribution in [1.82, 2.24) is 4.57 Å². The molecule has 2 heterocycles. The molecule has 2 aromatic rings. The van der Waals surface area contributed by atoms with Crippen molar-refractivity contribution in [3.63, 3.8) is 0 Å². The van der Waals surface area contributed by atoms with Crippen LogP contribution in [0.25, 0.3) is 10.1 Å². The molecule has 4 heteroatoms. The van der Waals surface area contributed by atoms with Gasteiger partial charge in [-0.25, -0.2) is 4.79 Å². The summed E-state index contributed by atoms with van der Waals surface area (Å²) in [5.74, 6) is -0.845. The summed E-state index contributed by atoms with van der Waals surface area (Å²) in [4.78, 5) is 11.1. The monoisotopic (exact) mass is 209 g/mol. The van der Waals surface area contributed by atoms with Crippen LogP contribution in [0.4, 0.5) is 0 Å². The first-order valence-electron chi connectivity index (χ1n) is 4.42. The number of aromatic nitrogens is 1. The van der Waals surface area contributed by atoms with Crippen molar-refractivity contribution in [1.29, 1.82) is 0 Å². The minimum atomic E-state index is -0.845. The Balaban J connectivity index is 2.50. The fourth-order valence-electron chi connectivity index (χ4n) is 1.36. The van der Waals surface area contributed by atoms with Gasteiger partial charge in [-0.05, 0) is 19.9 Å². The Morgan fingerprint density at radius 3 is 2.71 bits per heavy atom. The van der Waals surface area contributed by atoms with Crippen LogP contribution in [0.2, 0.25) is 0 Å². The lowest BCUT2D eigenvalue weighted by Gasteiger charge is -2.04. The van der Waals surface area contributed by atoms with Crippen molar-refractivity contribution in [2.45, 2.75) is 19.9 Å². The van der Waals surface area contributed by atoms with Gasteiger partial charge in [-0.1, -0.05) is 0 Å². The minimum absolute atomic E-state index is 0.408. The Bertz CT molecular complexity index is 450. The number of hydrogen-bond acceptors (Lipinski definition) is 2. The third-order valence-corrected chi connectivity index (χ3v) is 3.23. The van der Waals surface area contributed by atoms with Gasteiger partial charge in [-0.3, -0.25) is 0 Å². The predicted molar refractivity (Wildman–Crippen MR) is 57.2 cm³/mol. The lowest BCUT2D eigenvalue weighted by Crippen LogP contribution is -1.95. The number of carboxylic acids is 1. The molecule has 0 amide bonds. The first-order valence-corrected chi connectivity index (χ1v) is 5.24. The molecule has 0 saturated carbocycles. The summed E-state index contributed by atoms with van der Waals surface area (Å²) in [6.07, 6.45) is 3.99.